The van der Waals surface area contributed by atoms with Crippen LogP contribution in [0.4, 0.5) is 5.69 Å². The smallest absolute Gasteiger partial charge is 0.153 e. The normalized spacial score (nSPS) is 15.1. The molecule has 1 aliphatic rings. The first-order valence-corrected chi connectivity index (χ1v) is 5.90. The molecule has 0 N–H and O–H groups in total. The number of likely N-dealkylation sites (N-methyl/N-ethyl adjacent to an activating group) is 1. The average Bonchev–Trinajstić information content (AvgIpc) is 3.08. The number of aromatic nitrogens is 2. The Labute approximate surface area is 101 Å². The molecule has 0 bridgehead atoms. The van der Waals surface area contributed by atoms with Crippen LogP contribution in [0.2, 0.25) is 5.15 Å². The van der Waals surface area contributed by atoms with Crippen molar-refractivity contribution in [2.45, 2.75) is 12.8 Å². The van der Waals surface area contributed by atoms with Crippen LogP contribution in [0.15, 0.2) is 12.3 Å². The molecule has 1 fully saturated rings. The second-order valence-electron chi connectivity index (χ2n) is 4.18. The lowest BCUT2D eigenvalue weighted by molar-refractivity contribution is 0.131. The van der Waals surface area contributed by atoms with Gasteiger partial charge in [0.2, 0.25) is 0 Å². The first-order valence-electron chi connectivity index (χ1n) is 5.53. The summed E-state index contributed by atoms with van der Waals surface area (Å²) in [6.07, 6.45) is 4.37. The molecular weight excluding hydrogens is 226 g/mol. The quantitative estimate of drug-likeness (QED) is 0.714. The van der Waals surface area contributed by atoms with E-state index in [0.717, 1.165) is 31.4 Å². The number of ether oxygens (including phenoxy) is 1. The first kappa shape index (κ1) is 11.6. The zero-order valence-corrected chi connectivity index (χ0v) is 10.2. The van der Waals surface area contributed by atoms with E-state index >= 15 is 0 Å². The molecule has 1 aliphatic carbocycles. The van der Waals surface area contributed by atoms with Crippen molar-refractivity contribution >= 4 is 17.3 Å². The minimum absolute atomic E-state index is 0.420. The van der Waals surface area contributed by atoms with Crippen molar-refractivity contribution in [3.8, 4) is 0 Å². The fraction of sp³-hybridized carbons (Fsp3) is 0.636. The van der Waals surface area contributed by atoms with Gasteiger partial charge in [0.05, 0.1) is 18.5 Å². The van der Waals surface area contributed by atoms with Gasteiger partial charge in [0.1, 0.15) is 0 Å². The molecule has 1 saturated carbocycles. The molecule has 0 aliphatic heterocycles. The molecule has 0 atom stereocenters. The van der Waals surface area contributed by atoms with Crippen LogP contribution in [0.1, 0.15) is 12.8 Å². The van der Waals surface area contributed by atoms with E-state index in [4.69, 9.17) is 16.3 Å². The Kier molecular flexibility index (Phi) is 3.96. The van der Waals surface area contributed by atoms with Gasteiger partial charge in [-0.05, 0) is 18.8 Å². The van der Waals surface area contributed by atoms with Crippen LogP contribution in [0.3, 0.4) is 0 Å². The highest BCUT2D eigenvalue weighted by Crippen LogP contribution is 2.28. The Morgan fingerprint density at radius 1 is 1.56 bits per heavy atom. The highest BCUT2D eigenvalue weighted by Gasteiger charge is 2.20. The molecule has 0 radical (unpaired) electrons. The lowest BCUT2D eigenvalue weighted by atomic mass is 10.4. The number of hydrogen-bond acceptors (Lipinski definition) is 4. The van der Waals surface area contributed by atoms with Crippen molar-refractivity contribution in [3.05, 3.63) is 17.4 Å². The zero-order chi connectivity index (χ0) is 11.4. The van der Waals surface area contributed by atoms with E-state index in [1.165, 1.54) is 12.8 Å². The van der Waals surface area contributed by atoms with E-state index in [-0.39, 0.29) is 0 Å². The van der Waals surface area contributed by atoms with Crippen LogP contribution in [-0.2, 0) is 4.74 Å². The van der Waals surface area contributed by atoms with Gasteiger partial charge in [-0.15, -0.1) is 5.10 Å². The van der Waals surface area contributed by atoms with Crippen molar-refractivity contribution in [2.75, 3.05) is 31.7 Å². The van der Waals surface area contributed by atoms with Crippen LogP contribution in [0, 0.1) is 5.92 Å². The number of anilines is 1. The van der Waals surface area contributed by atoms with E-state index in [2.05, 4.69) is 15.1 Å². The van der Waals surface area contributed by atoms with Gasteiger partial charge in [0.25, 0.3) is 0 Å². The molecule has 1 aromatic heterocycles. The summed E-state index contributed by atoms with van der Waals surface area (Å²) in [4.78, 5) is 2.06. The molecule has 2 rings (SSSR count). The van der Waals surface area contributed by atoms with Gasteiger partial charge in [-0.1, -0.05) is 11.6 Å². The maximum atomic E-state index is 5.77. The minimum atomic E-state index is 0.420. The molecule has 0 amide bonds. The second kappa shape index (κ2) is 5.46. The Morgan fingerprint density at radius 3 is 3.06 bits per heavy atom. The van der Waals surface area contributed by atoms with Crippen LogP contribution in [0.5, 0.6) is 0 Å². The van der Waals surface area contributed by atoms with Crippen LogP contribution >= 0.6 is 11.6 Å². The topological polar surface area (TPSA) is 38.2 Å². The van der Waals surface area contributed by atoms with Gasteiger partial charge in [0.15, 0.2) is 5.15 Å². The molecule has 4 nitrogen and oxygen atoms in total. The molecule has 1 aromatic rings. The van der Waals surface area contributed by atoms with Crippen molar-refractivity contribution in [1.29, 1.82) is 0 Å². The van der Waals surface area contributed by atoms with E-state index in [0.29, 0.717) is 5.15 Å². The fourth-order valence-electron chi connectivity index (χ4n) is 1.41. The van der Waals surface area contributed by atoms with Gasteiger partial charge in [0, 0.05) is 26.3 Å². The van der Waals surface area contributed by atoms with Crippen molar-refractivity contribution in [1.82, 2.24) is 10.2 Å². The highest BCUT2D eigenvalue weighted by molar-refractivity contribution is 6.29. The monoisotopic (exact) mass is 241 g/mol. The predicted octanol–water partition coefficient (Wildman–Crippen LogP) is 1.99. The van der Waals surface area contributed by atoms with Gasteiger partial charge in [-0.2, -0.15) is 5.10 Å². The SMILES string of the molecule is CN(CCOCC1CC1)c1cnnc(Cl)c1. The van der Waals surface area contributed by atoms with Crippen LogP contribution in [-0.4, -0.2) is 37.0 Å². The summed E-state index contributed by atoms with van der Waals surface area (Å²) in [5, 5.41) is 7.93. The number of nitrogens with zero attached hydrogens (tertiary/aromatic N) is 3. The third-order valence-electron chi connectivity index (χ3n) is 2.67. The summed E-state index contributed by atoms with van der Waals surface area (Å²) in [5.41, 5.74) is 0.968. The summed E-state index contributed by atoms with van der Waals surface area (Å²) >= 11 is 5.77. The van der Waals surface area contributed by atoms with Gasteiger partial charge < -0.3 is 9.64 Å². The predicted molar refractivity (Wildman–Crippen MR) is 63.9 cm³/mol. The average molecular weight is 242 g/mol. The van der Waals surface area contributed by atoms with E-state index in [9.17, 15) is 0 Å². The second-order valence-corrected chi connectivity index (χ2v) is 4.56. The largest absolute Gasteiger partial charge is 0.379 e. The van der Waals surface area contributed by atoms with Crippen LogP contribution in [0.25, 0.3) is 0 Å². The Balaban J connectivity index is 1.71. The van der Waals surface area contributed by atoms with Crippen molar-refractivity contribution < 1.29 is 4.74 Å². The third kappa shape index (κ3) is 3.61. The molecular formula is C11H16ClN3O. The summed E-state index contributed by atoms with van der Waals surface area (Å²) in [5.74, 6) is 0.822. The highest BCUT2D eigenvalue weighted by atomic mass is 35.5. The maximum absolute atomic E-state index is 5.77. The first-order chi connectivity index (χ1) is 7.75. The molecule has 5 heteroatoms. The third-order valence-corrected chi connectivity index (χ3v) is 2.86. The lowest BCUT2D eigenvalue weighted by Gasteiger charge is -2.18. The summed E-state index contributed by atoms with van der Waals surface area (Å²) in [7, 11) is 1.99. The molecule has 16 heavy (non-hydrogen) atoms. The lowest BCUT2D eigenvalue weighted by Crippen LogP contribution is -2.23. The summed E-state index contributed by atoms with van der Waals surface area (Å²) in [6.45, 7) is 2.49. The van der Waals surface area contributed by atoms with E-state index < -0.39 is 0 Å². The Hall–Kier alpha value is -0.870. The van der Waals surface area contributed by atoms with Gasteiger partial charge in [-0.25, -0.2) is 0 Å². The zero-order valence-electron chi connectivity index (χ0n) is 9.40. The molecule has 0 aromatic carbocycles. The fourth-order valence-corrected chi connectivity index (χ4v) is 1.56. The van der Waals surface area contributed by atoms with E-state index in [1.807, 2.05) is 7.05 Å². The minimum Gasteiger partial charge on any atom is -0.379 e. The number of rotatable bonds is 6. The molecule has 88 valence electrons. The maximum Gasteiger partial charge on any atom is 0.153 e. The number of halogens is 1. The van der Waals surface area contributed by atoms with Crippen molar-refractivity contribution in [3.63, 3.8) is 0 Å². The van der Waals surface area contributed by atoms with Gasteiger partial charge in [-0.3, -0.25) is 0 Å². The Morgan fingerprint density at radius 2 is 2.38 bits per heavy atom. The standard InChI is InChI=1S/C11H16ClN3O/c1-15(4-5-16-8-9-2-3-9)10-6-11(12)14-13-7-10/h6-7,9H,2-5,8H2,1H3. The molecule has 0 spiro atoms. The molecule has 0 unspecified atom stereocenters. The Bertz CT molecular complexity index is 344. The van der Waals surface area contributed by atoms with Gasteiger partial charge >= 0.3 is 0 Å². The number of hydrogen-bond donors (Lipinski definition) is 0. The van der Waals surface area contributed by atoms with E-state index in [1.54, 1.807) is 12.3 Å². The summed E-state index contributed by atoms with van der Waals surface area (Å²) < 4.78 is 5.57. The molecule has 0 saturated heterocycles. The van der Waals surface area contributed by atoms with Crippen molar-refractivity contribution in [2.24, 2.45) is 5.92 Å². The molecule has 1 heterocycles. The van der Waals surface area contributed by atoms with Crippen LogP contribution < -0.4 is 4.90 Å². The summed E-state index contributed by atoms with van der Waals surface area (Å²) in [6, 6.07) is 1.80.